The van der Waals surface area contributed by atoms with E-state index in [1.165, 1.54) is 19.3 Å². The largest absolute Gasteiger partial charge is 0.267 e. The minimum absolute atomic E-state index is 0.339. The summed E-state index contributed by atoms with van der Waals surface area (Å²) in [4.78, 5) is 0. The Hall–Kier alpha value is -0.160. The van der Waals surface area contributed by atoms with Gasteiger partial charge in [0.15, 0.2) is 0 Å². The van der Waals surface area contributed by atoms with Crippen molar-refractivity contribution in [2.75, 3.05) is 12.9 Å². The summed E-state index contributed by atoms with van der Waals surface area (Å²) >= 11 is 0. The van der Waals surface area contributed by atoms with Gasteiger partial charge in [0.25, 0.3) is 10.1 Å². The molecule has 5 heteroatoms. The zero-order valence-corrected chi connectivity index (χ0v) is 11.1. The Labute approximate surface area is 98.5 Å². The van der Waals surface area contributed by atoms with Gasteiger partial charge in [0.2, 0.25) is 0 Å². The molecule has 0 aliphatic rings. The average molecular weight is 254 g/mol. The van der Waals surface area contributed by atoms with E-state index in [0.717, 1.165) is 25.5 Å². The molecule has 0 aromatic heterocycles. The van der Waals surface area contributed by atoms with Crippen molar-refractivity contribution in [3.8, 4) is 0 Å². The van der Waals surface area contributed by atoms with E-state index in [2.05, 4.69) is 11.1 Å². The SMILES string of the molecule is CCCCCCCC[C@H](F)COS(C)(=O)=O. The van der Waals surface area contributed by atoms with E-state index < -0.39 is 16.3 Å². The van der Waals surface area contributed by atoms with Gasteiger partial charge in [0.1, 0.15) is 6.17 Å². The molecule has 0 amide bonds. The van der Waals surface area contributed by atoms with Crippen LogP contribution in [0, 0.1) is 0 Å². The van der Waals surface area contributed by atoms with E-state index in [4.69, 9.17) is 0 Å². The van der Waals surface area contributed by atoms with E-state index in [1.807, 2.05) is 0 Å². The maximum atomic E-state index is 13.1. The van der Waals surface area contributed by atoms with Crippen LogP contribution in [0.1, 0.15) is 51.9 Å². The Morgan fingerprint density at radius 3 is 2.25 bits per heavy atom. The second kappa shape index (κ2) is 8.93. The predicted molar refractivity (Wildman–Crippen MR) is 63.7 cm³/mol. The number of halogens is 1. The molecule has 0 unspecified atom stereocenters. The maximum Gasteiger partial charge on any atom is 0.264 e. The minimum atomic E-state index is -3.50. The number of hydrogen-bond donors (Lipinski definition) is 0. The van der Waals surface area contributed by atoms with Crippen LogP contribution in [-0.2, 0) is 14.3 Å². The second-order valence-electron chi connectivity index (χ2n) is 4.14. The molecule has 0 heterocycles. The second-order valence-corrected chi connectivity index (χ2v) is 5.79. The molecular formula is C11H23FO3S. The molecule has 0 fully saturated rings. The number of hydrogen-bond acceptors (Lipinski definition) is 3. The highest BCUT2D eigenvalue weighted by molar-refractivity contribution is 7.85. The molecule has 3 nitrogen and oxygen atoms in total. The first kappa shape index (κ1) is 15.8. The molecule has 0 saturated carbocycles. The standard InChI is InChI=1S/C11H23FO3S/c1-3-4-5-6-7-8-9-11(12)10-15-16(2,13)14/h11H,3-10H2,1-2H3/t11-/m0/s1. The highest BCUT2D eigenvalue weighted by Crippen LogP contribution is 2.11. The minimum Gasteiger partial charge on any atom is -0.267 e. The Bertz CT molecular complexity index is 252. The molecule has 16 heavy (non-hydrogen) atoms. The summed E-state index contributed by atoms with van der Waals surface area (Å²) in [5.74, 6) is 0. The lowest BCUT2D eigenvalue weighted by atomic mass is 10.1. The number of unbranched alkanes of at least 4 members (excludes halogenated alkanes) is 5. The van der Waals surface area contributed by atoms with Gasteiger partial charge in [-0.05, 0) is 6.42 Å². The monoisotopic (exact) mass is 254 g/mol. The third-order valence-electron chi connectivity index (χ3n) is 2.33. The molecule has 0 spiro atoms. The average Bonchev–Trinajstić information content (AvgIpc) is 2.19. The van der Waals surface area contributed by atoms with Crippen LogP contribution in [0.2, 0.25) is 0 Å². The Morgan fingerprint density at radius 1 is 1.12 bits per heavy atom. The van der Waals surface area contributed by atoms with E-state index >= 15 is 0 Å². The van der Waals surface area contributed by atoms with Crippen LogP contribution in [0.25, 0.3) is 0 Å². The summed E-state index contributed by atoms with van der Waals surface area (Å²) in [7, 11) is -3.50. The smallest absolute Gasteiger partial charge is 0.264 e. The molecule has 0 saturated heterocycles. The van der Waals surface area contributed by atoms with Crippen molar-refractivity contribution in [1.82, 2.24) is 0 Å². The van der Waals surface area contributed by atoms with E-state index in [9.17, 15) is 12.8 Å². The van der Waals surface area contributed by atoms with Crippen LogP contribution >= 0.6 is 0 Å². The molecular weight excluding hydrogens is 231 g/mol. The van der Waals surface area contributed by atoms with Gasteiger partial charge in [-0.1, -0.05) is 45.4 Å². The zero-order chi connectivity index (χ0) is 12.4. The predicted octanol–water partition coefficient (Wildman–Crippen LogP) is 3.05. The summed E-state index contributed by atoms with van der Waals surface area (Å²) in [6.45, 7) is 1.81. The first-order valence-electron chi connectivity index (χ1n) is 5.94. The molecule has 0 aliphatic heterocycles. The Kier molecular flexibility index (Phi) is 8.84. The van der Waals surface area contributed by atoms with Crippen LogP contribution in [0.4, 0.5) is 4.39 Å². The third-order valence-corrected chi connectivity index (χ3v) is 2.90. The van der Waals surface area contributed by atoms with Gasteiger partial charge < -0.3 is 0 Å². The molecule has 1 atom stereocenters. The molecule has 0 aromatic rings. The molecule has 0 bridgehead atoms. The van der Waals surface area contributed by atoms with Gasteiger partial charge >= 0.3 is 0 Å². The first-order chi connectivity index (χ1) is 7.45. The van der Waals surface area contributed by atoms with Crippen LogP contribution in [0.5, 0.6) is 0 Å². The number of alkyl halides is 1. The highest BCUT2D eigenvalue weighted by atomic mass is 32.2. The molecule has 0 rings (SSSR count). The van der Waals surface area contributed by atoms with Crippen LogP contribution < -0.4 is 0 Å². The lowest BCUT2D eigenvalue weighted by molar-refractivity contribution is 0.189. The lowest BCUT2D eigenvalue weighted by Gasteiger charge is -2.07. The fraction of sp³-hybridized carbons (Fsp3) is 1.00. The van der Waals surface area contributed by atoms with Gasteiger partial charge in [-0.3, -0.25) is 4.18 Å². The van der Waals surface area contributed by atoms with Gasteiger partial charge in [-0.25, -0.2) is 4.39 Å². The summed E-state index contributed by atoms with van der Waals surface area (Å²) < 4.78 is 38.7. The fourth-order valence-electron chi connectivity index (χ4n) is 1.43. The topological polar surface area (TPSA) is 43.4 Å². The van der Waals surface area contributed by atoms with Gasteiger partial charge in [0.05, 0.1) is 12.9 Å². The Balaban J connectivity index is 3.34. The van der Waals surface area contributed by atoms with Crippen molar-refractivity contribution in [3.63, 3.8) is 0 Å². The molecule has 0 N–H and O–H groups in total. The van der Waals surface area contributed by atoms with E-state index in [0.29, 0.717) is 6.42 Å². The first-order valence-corrected chi connectivity index (χ1v) is 7.76. The van der Waals surface area contributed by atoms with Crippen molar-refractivity contribution < 1.29 is 17.0 Å². The number of rotatable bonds is 10. The fourth-order valence-corrected chi connectivity index (χ4v) is 1.82. The van der Waals surface area contributed by atoms with Crippen molar-refractivity contribution in [3.05, 3.63) is 0 Å². The van der Waals surface area contributed by atoms with Crippen molar-refractivity contribution in [2.45, 2.75) is 58.0 Å². The van der Waals surface area contributed by atoms with Crippen molar-refractivity contribution >= 4 is 10.1 Å². The van der Waals surface area contributed by atoms with Crippen LogP contribution in [0.3, 0.4) is 0 Å². The normalized spacial score (nSPS) is 13.9. The highest BCUT2D eigenvalue weighted by Gasteiger charge is 2.10. The summed E-state index contributed by atoms with van der Waals surface area (Å²) in [5, 5.41) is 0. The van der Waals surface area contributed by atoms with Gasteiger partial charge in [0, 0.05) is 0 Å². The summed E-state index contributed by atoms with van der Waals surface area (Å²) in [5.41, 5.74) is 0. The molecule has 0 aliphatic carbocycles. The molecule has 0 aromatic carbocycles. The van der Waals surface area contributed by atoms with Crippen molar-refractivity contribution in [2.24, 2.45) is 0 Å². The molecule has 0 radical (unpaired) electrons. The third kappa shape index (κ3) is 11.9. The van der Waals surface area contributed by atoms with Gasteiger partial charge in [-0.15, -0.1) is 0 Å². The zero-order valence-electron chi connectivity index (χ0n) is 10.2. The van der Waals surface area contributed by atoms with E-state index in [-0.39, 0.29) is 6.61 Å². The van der Waals surface area contributed by atoms with Crippen LogP contribution in [0.15, 0.2) is 0 Å². The van der Waals surface area contributed by atoms with Crippen molar-refractivity contribution in [1.29, 1.82) is 0 Å². The van der Waals surface area contributed by atoms with Gasteiger partial charge in [-0.2, -0.15) is 8.42 Å². The van der Waals surface area contributed by atoms with Crippen LogP contribution in [-0.4, -0.2) is 27.5 Å². The van der Waals surface area contributed by atoms with E-state index in [1.54, 1.807) is 0 Å². The lowest BCUT2D eigenvalue weighted by Crippen LogP contribution is -2.14. The summed E-state index contributed by atoms with van der Waals surface area (Å²) in [6, 6.07) is 0. The maximum absolute atomic E-state index is 13.1. The molecule has 98 valence electrons. The quantitative estimate of drug-likeness (QED) is 0.444. The Morgan fingerprint density at radius 2 is 1.69 bits per heavy atom. The summed E-state index contributed by atoms with van der Waals surface area (Å²) in [6.07, 6.45) is 6.75.